The lowest BCUT2D eigenvalue weighted by atomic mass is 9.97. The van der Waals surface area contributed by atoms with Crippen LogP contribution in [0.1, 0.15) is 58.8 Å². The highest BCUT2D eigenvalue weighted by Gasteiger charge is 2.36. The molecular formula is C23H29F2N3O4. The van der Waals surface area contributed by atoms with E-state index < -0.39 is 28.9 Å². The molecule has 3 rings (SSSR count). The molecule has 0 unspecified atom stereocenters. The third kappa shape index (κ3) is 6.51. The Kier molecular flexibility index (Phi) is 7.16. The van der Waals surface area contributed by atoms with Gasteiger partial charge in [-0.1, -0.05) is 12.8 Å². The predicted octanol–water partition coefficient (Wildman–Crippen LogP) is 4.51. The number of aromatic nitrogens is 1. The summed E-state index contributed by atoms with van der Waals surface area (Å²) in [6.45, 7) is 5.66. The van der Waals surface area contributed by atoms with Gasteiger partial charge in [0.2, 0.25) is 5.91 Å². The molecule has 2 N–H and O–H groups in total. The molecule has 1 aromatic carbocycles. The molecule has 174 valence electrons. The van der Waals surface area contributed by atoms with Crippen LogP contribution in [0.5, 0.6) is 0 Å². The van der Waals surface area contributed by atoms with E-state index in [2.05, 4.69) is 15.6 Å². The van der Waals surface area contributed by atoms with E-state index in [0.29, 0.717) is 6.54 Å². The van der Waals surface area contributed by atoms with Crippen LogP contribution in [0.4, 0.5) is 13.6 Å². The van der Waals surface area contributed by atoms with Crippen molar-refractivity contribution in [2.75, 3.05) is 6.54 Å². The van der Waals surface area contributed by atoms with Gasteiger partial charge in [-0.25, -0.2) is 18.6 Å². The van der Waals surface area contributed by atoms with Crippen molar-refractivity contribution in [1.29, 1.82) is 0 Å². The van der Waals surface area contributed by atoms with E-state index >= 15 is 0 Å². The second-order valence-corrected chi connectivity index (χ2v) is 9.13. The molecule has 1 heterocycles. The summed E-state index contributed by atoms with van der Waals surface area (Å²) in [7, 11) is 0. The number of oxazole rings is 1. The summed E-state index contributed by atoms with van der Waals surface area (Å²) < 4.78 is 37.8. The Hall–Kier alpha value is -2.97. The van der Waals surface area contributed by atoms with Gasteiger partial charge < -0.3 is 19.8 Å². The molecule has 0 atom stereocenters. The number of hydrogen-bond donors (Lipinski definition) is 2. The standard InChI is InChI=1S/C23H29F2N3O4/c1-22(2,3)32-21(30)27-14-23(10-4-5-11-23)28-19(29)8-9-20-26-13-18(31-20)16-7-6-15(24)12-17(16)25/h6-7,12-13H,4-5,8-11,14H2,1-3H3,(H,27,30)(H,28,29). The van der Waals surface area contributed by atoms with Crippen LogP contribution in [0, 0.1) is 11.6 Å². The summed E-state index contributed by atoms with van der Waals surface area (Å²) in [5, 5.41) is 5.82. The van der Waals surface area contributed by atoms with Crippen LogP contribution in [0.3, 0.4) is 0 Å². The fourth-order valence-corrected chi connectivity index (χ4v) is 3.77. The number of nitrogens with one attached hydrogen (secondary N) is 2. The van der Waals surface area contributed by atoms with Crippen molar-refractivity contribution in [2.45, 2.75) is 70.4 Å². The number of alkyl carbamates (subject to hydrolysis) is 1. The van der Waals surface area contributed by atoms with Crippen molar-refractivity contribution in [2.24, 2.45) is 0 Å². The second kappa shape index (κ2) is 9.67. The fourth-order valence-electron chi connectivity index (χ4n) is 3.77. The molecule has 0 saturated heterocycles. The van der Waals surface area contributed by atoms with Crippen LogP contribution < -0.4 is 10.6 Å². The van der Waals surface area contributed by atoms with Gasteiger partial charge in [0.05, 0.1) is 17.3 Å². The fraction of sp³-hybridized carbons (Fsp3) is 0.522. The minimum absolute atomic E-state index is 0.104. The number of hydrogen-bond acceptors (Lipinski definition) is 5. The summed E-state index contributed by atoms with van der Waals surface area (Å²) >= 11 is 0. The number of carbonyl (C=O) groups is 2. The number of halogens is 2. The molecule has 0 radical (unpaired) electrons. The first-order chi connectivity index (χ1) is 15.1. The maximum atomic E-state index is 13.9. The number of amides is 2. The van der Waals surface area contributed by atoms with Crippen molar-refractivity contribution in [1.82, 2.24) is 15.6 Å². The topological polar surface area (TPSA) is 93.5 Å². The van der Waals surface area contributed by atoms with Crippen molar-refractivity contribution in [3.63, 3.8) is 0 Å². The summed E-state index contributed by atoms with van der Waals surface area (Å²) in [5.74, 6) is -1.15. The number of rotatable bonds is 7. The lowest BCUT2D eigenvalue weighted by Gasteiger charge is -2.31. The monoisotopic (exact) mass is 449 g/mol. The van der Waals surface area contributed by atoms with Crippen LogP contribution in [-0.2, 0) is 16.0 Å². The van der Waals surface area contributed by atoms with Crippen LogP contribution in [-0.4, -0.2) is 34.7 Å². The van der Waals surface area contributed by atoms with Crippen molar-refractivity contribution < 1.29 is 27.5 Å². The molecule has 1 fully saturated rings. The maximum absolute atomic E-state index is 13.9. The second-order valence-electron chi connectivity index (χ2n) is 9.13. The predicted molar refractivity (Wildman–Crippen MR) is 114 cm³/mol. The molecule has 7 nitrogen and oxygen atoms in total. The van der Waals surface area contributed by atoms with Gasteiger partial charge in [-0.2, -0.15) is 0 Å². The molecule has 0 spiro atoms. The highest BCUT2D eigenvalue weighted by atomic mass is 19.1. The normalized spacial score (nSPS) is 15.4. The number of ether oxygens (including phenoxy) is 1. The van der Waals surface area contributed by atoms with Gasteiger partial charge in [-0.05, 0) is 45.7 Å². The Morgan fingerprint density at radius 3 is 2.59 bits per heavy atom. The van der Waals surface area contributed by atoms with E-state index in [1.54, 1.807) is 20.8 Å². The first-order valence-corrected chi connectivity index (χ1v) is 10.7. The van der Waals surface area contributed by atoms with Crippen LogP contribution in [0.25, 0.3) is 11.3 Å². The summed E-state index contributed by atoms with van der Waals surface area (Å²) in [5.41, 5.74) is -0.998. The first-order valence-electron chi connectivity index (χ1n) is 10.7. The quantitative estimate of drug-likeness (QED) is 0.649. The molecular weight excluding hydrogens is 420 g/mol. The average Bonchev–Trinajstić information content (AvgIpc) is 3.34. The highest BCUT2D eigenvalue weighted by Crippen LogP contribution is 2.29. The van der Waals surface area contributed by atoms with E-state index in [0.717, 1.165) is 37.8 Å². The Morgan fingerprint density at radius 2 is 1.94 bits per heavy atom. The Balaban J connectivity index is 1.54. The molecule has 0 aliphatic heterocycles. The molecule has 32 heavy (non-hydrogen) atoms. The molecule has 1 saturated carbocycles. The molecule has 0 bridgehead atoms. The van der Waals surface area contributed by atoms with E-state index in [1.807, 2.05) is 0 Å². The van der Waals surface area contributed by atoms with E-state index in [-0.39, 0.29) is 36.0 Å². The Labute approximate surface area is 185 Å². The van der Waals surface area contributed by atoms with E-state index in [9.17, 15) is 18.4 Å². The third-order valence-corrected chi connectivity index (χ3v) is 5.25. The van der Waals surface area contributed by atoms with Gasteiger partial charge in [0, 0.05) is 25.5 Å². The van der Waals surface area contributed by atoms with Gasteiger partial charge in [0.25, 0.3) is 0 Å². The van der Waals surface area contributed by atoms with Crippen molar-refractivity contribution in [3.8, 4) is 11.3 Å². The van der Waals surface area contributed by atoms with Gasteiger partial charge in [-0.3, -0.25) is 4.79 Å². The zero-order valence-electron chi connectivity index (χ0n) is 18.6. The minimum atomic E-state index is -0.744. The maximum Gasteiger partial charge on any atom is 0.407 e. The van der Waals surface area contributed by atoms with Gasteiger partial charge in [0.15, 0.2) is 11.7 Å². The summed E-state index contributed by atoms with van der Waals surface area (Å²) in [6.07, 6.45) is 4.64. The molecule has 1 aliphatic carbocycles. The smallest absolute Gasteiger partial charge is 0.407 e. The molecule has 2 aromatic rings. The highest BCUT2D eigenvalue weighted by molar-refractivity contribution is 5.77. The minimum Gasteiger partial charge on any atom is -0.444 e. The molecule has 9 heteroatoms. The Bertz CT molecular complexity index is 962. The van der Waals surface area contributed by atoms with E-state index in [1.165, 1.54) is 12.3 Å². The van der Waals surface area contributed by atoms with Crippen LogP contribution >= 0.6 is 0 Å². The van der Waals surface area contributed by atoms with E-state index in [4.69, 9.17) is 9.15 Å². The first kappa shape index (κ1) is 23.7. The largest absolute Gasteiger partial charge is 0.444 e. The lowest BCUT2D eigenvalue weighted by Crippen LogP contribution is -2.54. The average molecular weight is 449 g/mol. The van der Waals surface area contributed by atoms with Crippen LogP contribution in [0.2, 0.25) is 0 Å². The van der Waals surface area contributed by atoms with Crippen molar-refractivity contribution in [3.05, 3.63) is 41.9 Å². The van der Waals surface area contributed by atoms with Crippen LogP contribution in [0.15, 0.2) is 28.8 Å². The van der Waals surface area contributed by atoms with Gasteiger partial charge >= 0.3 is 6.09 Å². The summed E-state index contributed by atoms with van der Waals surface area (Å²) in [4.78, 5) is 28.7. The SMILES string of the molecule is CC(C)(C)OC(=O)NCC1(NC(=O)CCc2ncc(-c3ccc(F)cc3F)o2)CCCC1. The number of nitrogens with zero attached hydrogens (tertiary/aromatic N) is 1. The van der Waals surface area contributed by atoms with Gasteiger partial charge in [-0.15, -0.1) is 0 Å². The zero-order valence-corrected chi connectivity index (χ0v) is 18.6. The number of aryl methyl sites for hydroxylation is 1. The zero-order chi connectivity index (χ0) is 23.4. The summed E-state index contributed by atoms with van der Waals surface area (Å²) in [6, 6.07) is 3.20. The number of carbonyl (C=O) groups excluding carboxylic acids is 2. The molecule has 1 aromatic heterocycles. The third-order valence-electron chi connectivity index (χ3n) is 5.25. The van der Waals surface area contributed by atoms with Gasteiger partial charge in [0.1, 0.15) is 17.2 Å². The number of benzene rings is 1. The molecule has 1 aliphatic rings. The molecule has 2 amide bonds. The Morgan fingerprint density at radius 1 is 1.22 bits per heavy atom. The lowest BCUT2D eigenvalue weighted by molar-refractivity contribution is -0.123. The van der Waals surface area contributed by atoms with Crippen molar-refractivity contribution >= 4 is 12.0 Å².